The lowest BCUT2D eigenvalue weighted by Gasteiger charge is -2.20. The van der Waals surface area contributed by atoms with E-state index in [2.05, 4.69) is 11.4 Å². The SMILES string of the molecule is CC(NC(=O)[C@@H]1CC[C@H](CN)O1)c1ccccc1-c1ccc(Cl)cc1.Cl. The lowest BCUT2D eigenvalue weighted by molar-refractivity contribution is -0.132. The monoisotopic (exact) mass is 394 g/mol. The molecule has 1 unspecified atom stereocenters. The molecule has 1 aliphatic heterocycles. The number of benzene rings is 2. The second-order valence-electron chi connectivity index (χ2n) is 6.38. The molecule has 140 valence electrons. The number of hydrogen-bond acceptors (Lipinski definition) is 3. The van der Waals surface area contributed by atoms with Crippen molar-refractivity contribution in [1.82, 2.24) is 5.32 Å². The smallest absolute Gasteiger partial charge is 0.249 e. The Bertz CT molecular complexity index is 737. The van der Waals surface area contributed by atoms with Crippen LogP contribution in [0.3, 0.4) is 0 Å². The van der Waals surface area contributed by atoms with Crippen LogP contribution in [-0.2, 0) is 9.53 Å². The molecular weight excluding hydrogens is 371 g/mol. The van der Waals surface area contributed by atoms with Crippen molar-refractivity contribution in [3.8, 4) is 11.1 Å². The maximum atomic E-state index is 12.5. The van der Waals surface area contributed by atoms with Crippen LogP contribution in [0.4, 0.5) is 0 Å². The highest BCUT2D eigenvalue weighted by molar-refractivity contribution is 6.30. The molecule has 3 N–H and O–H groups in total. The summed E-state index contributed by atoms with van der Waals surface area (Å²) < 4.78 is 5.69. The van der Waals surface area contributed by atoms with Gasteiger partial charge >= 0.3 is 0 Å². The molecule has 1 amide bonds. The van der Waals surface area contributed by atoms with E-state index in [0.717, 1.165) is 29.5 Å². The van der Waals surface area contributed by atoms with Gasteiger partial charge in [0.2, 0.25) is 5.91 Å². The summed E-state index contributed by atoms with van der Waals surface area (Å²) in [5, 5.41) is 3.78. The van der Waals surface area contributed by atoms with E-state index in [-0.39, 0.29) is 30.5 Å². The zero-order valence-corrected chi connectivity index (χ0v) is 16.2. The topological polar surface area (TPSA) is 64.4 Å². The third-order valence-corrected chi connectivity index (χ3v) is 4.86. The van der Waals surface area contributed by atoms with E-state index in [1.807, 2.05) is 49.4 Å². The molecule has 6 heteroatoms. The van der Waals surface area contributed by atoms with E-state index in [9.17, 15) is 4.79 Å². The molecule has 26 heavy (non-hydrogen) atoms. The molecule has 4 nitrogen and oxygen atoms in total. The van der Waals surface area contributed by atoms with Crippen LogP contribution in [0.2, 0.25) is 5.02 Å². The van der Waals surface area contributed by atoms with Crippen LogP contribution in [0.1, 0.15) is 31.4 Å². The number of amides is 1. The zero-order valence-electron chi connectivity index (χ0n) is 14.7. The number of carbonyl (C=O) groups is 1. The van der Waals surface area contributed by atoms with Gasteiger partial charge in [0.05, 0.1) is 12.1 Å². The largest absolute Gasteiger partial charge is 0.364 e. The minimum Gasteiger partial charge on any atom is -0.364 e. The van der Waals surface area contributed by atoms with Crippen molar-refractivity contribution in [3.63, 3.8) is 0 Å². The molecule has 0 aliphatic carbocycles. The van der Waals surface area contributed by atoms with Crippen LogP contribution in [0.25, 0.3) is 11.1 Å². The maximum Gasteiger partial charge on any atom is 0.249 e. The van der Waals surface area contributed by atoms with Crippen molar-refractivity contribution < 1.29 is 9.53 Å². The minimum absolute atomic E-state index is 0. The number of nitrogens with one attached hydrogen (secondary N) is 1. The van der Waals surface area contributed by atoms with Crippen LogP contribution < -0.4 is 11.1 Å². The Morgan fingerprint density at radius 1 is 1.23 bits per heavy atom. The molecule has 3 atom stereocenters. The van der Waals surface area contributed by atoms with Crippen molar-refractivity contribution in [1.29, 1.82) is 0 Å². The third-order valence-electron chi connectivity index (χ3n) is 4.60. The first-order valence-corrected chi connectivity index (χ1v) is 8.97. The Hall–Kier alpha value is -1.59. The summed E-state index contributed by atoms with van der Waals surface area (Å²) in [4.78, 5) is 12.5. The van der Waals surface area contributed by atoms with E-state index < -0.39 is 6.10 Å². The highest BCUT2D eigenvalue weighted by Crippen LogP contribution is 2.29. The summed E-state index contributed by atoms with van der Waals surface area (Å²) in [6, 6.07) is 15.7. The highest BCUT2D eigenvalue weighted by Gasteiger charge is 2.30. The summed E-state index contributed by atoms with van der Waals surface area (Å²) in [7, 11) is 0. The Balaban J connectivity index is 0.00000243. The standard InChI is InChI=1S/C20H23ClN2O2.ClH/c1-13(23-20(24)19-11-10-16(12-22)25-19)17-4-2-3-5-18(17)14-6-8-15(21)9-7-14;/h2-9,13,16,19H,10-12,22H2,1H3,(H,23,24);1H/t13?,16-,19+;/m1./s1. The number of ether oxygens (including phenoxy) is 1. The molecule has 1 heterocycles. The normalized spacial score (nSPS) is 20.3. The van der Waals surface area contributed by atoms with Gasteiger partial charge in [0.1, 0.15) is 6.10 Å². The molecule has 3 rings (SSSR count). The summed E-state index contributed by atoms with van der Waals surface area (Å²) in [6.07, 6.45) is 1.15. The summed E-state index contributed by atoms with van der Waals surface area (Å²) in [5.74, 6) is -0.0747. The molecule has 0 spiro atoms. The van der Waals surface area contributed by atoms with E-state index in [0.29, 0.717) is 11.6 Å². The van der Waals surface area contributed by atoms with Crippen LogP contribution in [0.5, 0.6) is 0 Å². The van der Waals surface area contributed by atoms with Crippen molar-refractivity contribution in [2.24, 2.45) is 5.73 Å². The second-order valence-corrected chi connectivity index (χ2v) is 6.82. The molecule has 0 saturated carbocycles. The fraction of sp³-hybridized carbons (Fsp3) is 0.350. The molecule has 1 fully saturated rings. The van der Waals surface area contributed by atoms with Crippen LogP contribution >= 0.6 is 24.0 Å². The Morgan fingerprint density at radius 3 is 2.58 bits per heavy atom. The van der Waals surface area contributed by atoms with Crippen molar-refractivity contribution in [2.45, 2.75) is 38.0 Å². The van der Waals surface area contributed by atoms with E-state index in [4.69, 9.17) is 22.1 Å². The number of carbonyl (C=O) groups excluding carboxylic acids is 1. The van der Waals surface area contributed by atoms with Gasteiger partial charge in [0.25, 0.3) is 0 Å². The van der Waals surface area contributed by atoms with Gasteiger partial charge in [-0.2, -0.15) is 0 Å². The van der Waals surface area contributed by atoms with Gasteiger partial charge in [-0.15, -0.1) is 12.4 Å². The molecule has 0 bridgehead atoms. The lowest BCUT2D eigenvalue weighted by Crippen LogP contribution is -2.37. The predicted molar refractivity (Wildman–Crippen MR) is 108 cm³/mol. The van der Waals surface area contributed by atoms with Gasteiger partial charge < -0.3 is 15.8 Å². The van der Waals surface area contributed by atoms with Crippen LogP contribution in [-0.4, -0.2) is 24.7 Å². The Morgan fingerprint density at radius 2 is 1.92 bits per heavy atom. The minimum atomic E-state index is -0.404. The second kappa shape index (κ2) is 9.38. The predicted octanol–water partition coefficient (Wildman–Crippen LogP) is 4.11. The highest BCUT2D eigenvalue weighted by atomic mass is 35.5. The summed E-state index contributed by atoms with van der Waals surface area (Å²) >= 11 is 5.99. The fourth-order valence-corrected chi connectivity index (χ4v) is 3.35. The number of nitrogens with two attached hydrogens (primary N) is 1. The number of rotatable bonds is 5. The van der Waals surface area contributed by atoms with Crippen molar-refractivity contribution in [3.05, 3.63) is 59.1 Å². The van der Waals surface area contributed by atoms with E-state index in [1.54, 1.807) is 0 Å². The zero-order chi connectivity index (χ0) is 17.8. The number of hydrogen-bond donors (Lipinski definition) is 2. The maximum absolute atomic E-state index is 12.5. The average molecular weight is 395 g/mol. The van der Waals surface area contributed by atoms with Crippen molar-refractivity contribution in [2.75, 3.05) is 6.54 Å². The first-order valence-electron chi connectivity index (χ1n) is 8.59. The molecule has 1 saturated heterocycles. The van der Waals surface area contributed by atoms with Gasteiger partial charge in [-0.1, -0.05) is 48.0 Å². The van der Waals surface area contributed by atoms with E-state index in [1.165, 1.54) is 0 Å². The molecule has 0 radical (unpaired) electrons. The van der Waals surface area contributed by atoms with Gasteiger partial charge in [-0.25, -0.2) is 0 Å². The molecule has 0 aromatic heterocycles. The summed E-state index contributed by atoms with van der Waals surface area (Å²) in [5.41, 5.74) is 8.83. The Kier molecular flexibility index (Phi) is 7.47. The Labute approximate surface area is 165 Å². The molecular formula is C20H24Cl2N2O2. The molecule has 2 aromatic carbocycles. The fourth-order valence-electron chi connectivity index (χ4n) is 3.22. The average Bonchev–Trinajstić information content (AvgIpc) is 3.12. The molecule has 1 aliphatic rings. The van der Waals surface area contributed by atoms with Crippen molar-refractivity contribution >= 4 is 29.9 Å². The third kappa shape index (κ3) is 4.77. The quantitative estimate of drug-likeness (QED) is 0.801. The molecule has 2 aromatic rings. The van der Waals surface area contributed by atoms with Gasteiger partial charge in [-0.3, -0.25) is 4.79 Å². The van der Waals surface area contributed by atoms with Crippen LogP contribution in [0.15, 0.2) is 48.5 Å². The first kappa shape index (κ1) is 20.7. The van der Waals surface area contributed by atoms with Gasteiger partial charge in [0, 0.05) is 11.6 Å². The van der Waals surface area contributed by atoms with Gasteiger partial charge in [-0.05, 0) is 48.6 Å². The first-order chi connectivity index (χ1) is 12.1. The van der Waals surface area contributed by atoms with Crippen LogP contribution in [0, 0.1) is 0 Å². The number of halogens is 2. The van der Waals surface area contributed by atoms with Gasteiger partial charge in [0.15, 0.2) is 0 Å². The summed E-state index contributed by atoms with van der Waals surface area (Å²) in [6.45, 7) is 2.45. The van der Waals surface area contributed by atoms with E-state index >= 15 is 0 Å². The lowest BCUT2D eigenvalue weighted by atomic mass is 9.95.